The lowest BCUT2D eigenvalue weighted by atomic mass is 9.94. The van der Waals surface area contributed by atoms with Crippen LogP contribution >= 0.6 is 0 Å². The van der Waals surface area contributed by atoms with E-state index in [1.54, 1.807) is 14.0 Å². The van der Waals surface area contributed by atoms with E-state index in [0.29, 0.717) is 12.0 Å². The van der Waals surface area contributed by atoms with Gasteiger partial charge in [0.1, 0.15) is 12.2 Å². The van der Waals surface area contributed by atoms with Gasteiger partial charge in [0.2, 0.25) is 0 Å². The minimum absolute atomic E-state index is 0.401. The Hall–Kier alpha value is -1.48. The molecule has 3 fully saturated rings. The van der Waals surface area contributed by atoms with Crippen molar-refractivity contribution in [3.8, 4) is 0 Å². The number of hydrogen-bond acceptors (Lipinski definition) is 6. The van der Waals surface area contributed by atoms with Gasteiger partial charge in [0.05, 0.1) is 0 Å². The van der Waals surface area contributed by atoms with Crippen LogP contribution in [0.2, 0.25) is 0 Å². The van der Waals surface area contributed by atoms with Gasteiger partial charge in [-0.25, -0.2) is 4.79 Å². The van der Waals surface area contributed by atoms with Gasteiger partial charge in [0, 0.05) is 38.1 Å². The van der Waals surface area contributed by atoms with Crippen LogP contribution < -0.4 is 11.2 Å². The van der Waals surface area contributed by atoms with E-state index in [4.69, 9.17) is 18.9 Å². The maximum atomic E-state index is 12.4. The molecule has 1 aliphatic carbocycles. The largest absolute Gasteiger partial charge is 0.351 e. The van der Waals surface area contributed by atoms with E-state index in [-0.39, 0.29) is 0 Å². The second-order valence-corrected chi connectivity index (χ2v) is 7.45. The molecule has 2 aliphatic heterocycles. The number of aromatic nitrogens is 2. The highest BCUT2D eigenvalue weighted by atomic mass is 16.8. The molecule has 144 valence electrons. The summed E-state index contributed by atoms with van der Waals surface area (Å²) in [5.74, 6) is -1.62. The quantitative estimate of drug-likeness (QED) is 0.873. The van der Waals surface area contributed by atoms with E-state index in [1.807, 2.05) is 6.92 Å². The van der Waals surface area contributed by atoms with Crippen molar-refractivity contribution in [2.75, 3.05) is 7.11 Å². The summed E-state index contributed by atoms with van der Waals surface area (Å²) in [5, 5.41) is 0. The average molecular weight is 366 g/mol. The molecule has 1 aromatic rings. The third-order valence-corrected chi connectivity index (χ3v) is 5.90. The Morgan fingerprint density at radius 1 is 1.23 bits per heavy atom. The number of aryl methyl sites for hydroxylation is 1. The standard InChI is InChI=1S/C18H26N2O6/c1-4-18(23-3)13-12(24-17(25-13)8-6-5-7-9-17)15(26-18)20-10-11(2)14(21)19-16(20)22/h10,12-13,15H,4-9H2,1-3H3,(H,19,21,22)/t12-,13?,15+,18-/m0/s1. The van der Waals surface area contributed by atoms with E-state index in [0.717, 1.165) is 25.7 Å². The number of nitrogens with zero attached hydrogens (tertiary/aromatic N) is 1. The monoisotopic (exact) mass is 366 g/mol. The lowest BCUT2D eigenvalue weighted by Gasteiger charge is -2.37. The Labute approximate surface area is 151 Å². The maximum absolute atomic E-state index is 12.4. The second-order valence-electron chi connectivity index (χ2n) is 7.45. The van der Waals surface area contributed by atoms with E-state index >= 15 is 0 Å². The minimum atomic E-state index is -0.986. The van der Waals surface area contributed by atoms with Gasteiger partial charge < -0.3 is 18.9 Å². The molecule has 1 saturated carbocycles. The first-order chi connectivity index (χ1) is 12.4. The number of hydrogen-bond donors (Lipinski definition) is 1. The second kappa shape index (κ2) is 6.30. The molecule has 3 heterocycles. The molecule has 1 spiro atoms. The minimum Gasteiger partial charge on any atom is -0.351 e. The molecule has 0 radical (unpaired) electrons. The Kier molecular flexibility index (Phi) is 4.34. The van der Waals surface area contributed by atoms with E-state index in [1.165, 1.54) is 17.2 Å². The summed E-state index contributed by atoms with van der Waals surface area (Å²) in [4.78, 5) is 26.5. The lowest BCUT2D eigenvalue weighted by Crippen LogP contribution is -2.45. The first kappa shape index (κ1) is 17.9. The maximum Gasteiger partial charge on any atom is 0.330 e. The molecular formula is C18H26N2O6. The van der Waals surface area contributed by atoms with Crippen LogP contribution in [-0.4, -0.2) is 40.4 Å². The van der Waals surface area contributed by atoms with Crippen molar-refractivity contribution in [2.24, 2.45) is 0 Å². The van der Waals surface area contributed by atoms with Gasteiger partial charge in [-0.2, -0.15) is 0 Å². The van der Waals surface area contributed by atoms with Crippen molar-refractivity contribution >= 4 is 0 Å². The van der Waals surface area contributed by atoms with Crippen LogP contribution in [0.15, 0.2) is 15.8 Å². The van der Waals surface area contributed by atoms with Crippen molar-refractivity contribution in [3.05, 3.63) is 32.6 Å². The number of H-pyrrole nitrogens is 1. The normalized spacial score (nSPS) is 35.7. The van der Waals surface area contributed by atoms with Crippen LogP contribution in [0.3, 0.4) is 0 Å². The van der Waals surface area contributed by atoms with Crippen molar-refractivity contribution < 1.29 is 18.9 Å². The summed E-state index contributed by atoms with van der Waals surface area (Å²) < 4.78 is 26.1. The van der Waals surface area contributed by atoms with Crippen LogP contribution in [0.5, 0.6) is 0 Å². The highest BCUT2D eigenvalue weighted by Crippen LogP contribution is 2.52. The summed E-state index contributed by atoms with van der Waals surface area (Å²) >= 11 is 0. The fraction of sp³-hybridized carbons (Fsp3) is 0.778. The van der Waals surface area contributed by atoms with Crippen molar-refractivity contribution in [2.45, 2.75) is 82.4 Å². The number of fused-ring (bicyclic) bond motifs is 1. The topological polar surface area (TPSA) is 91.8 Å². The van der Waals surface area contributed by atoms with Gasteiger partial charge >= 0.3 is 5.69 Å². The summed E-state index contributed by atoms with van der Waals surface area (Å²) in [6.07, 6.45) is 5.37. The molecule has 1 N–H and O–H groups in total. The van der Waals surface area contributed by atoms with Crippen molar-refractivity contribution in [3.63, 3.8) is 0 Å². The number of aromatic amines is 1. The summed E-state index contributed by atoms with van der Waals surface area (Å²) in [7, 11) is 1.58. The number of methoxy groups -OCH3 is 1. The SMILES string of the molecule is CC[C@]1(OC)O[C@@H](n2cc(C)c(=O)[nH]c2=O)[C@H]2OC3(CCCCC3)OC21. The van der Waals surface area contributed by atoms with Crippen LogP contribution in [-0.2, 0) is 18.9 Å². The molecule has 1 aromatic heterocycles. The Balaban J connectivity index is 1.76. The first-order valence-corrected chi connectivity index (χ1v) is 9.34. The van der Waals surface area contributed by atoms with Gasteiger partial charge in [-0.05, 0) is 19.8 Å². The van der Waals surface area contributed by atoms with Gasteiger partial charge in [0.25, 0.3) is 5.56 Å². The first-order valence-electron chi connectivity index (χ1n) is 9.34. The molecule has 1 unspecified atom stereocenters. The Morgan fingerprint density at radius 2 is 1.96 bits per heavy atom. The van der Waals surface area contributed by atoms with Gasteiger partial charge in [-0.3, -0.25) is 14.3 Å². The van der Waals surface area contributed by atoms with Gasteiger partial charge in [-0.1, -0.05) is 13.3 Å². The Bertz CT molecular complexity index is 790. The molecule has 0 bridgehead atoms. The zero-order valence-electron chi connectivity index (χ0n) is 15.4. The molecular weight excluding hydrogens is 340 g/mol. The fourth-order valence-corrected chi connectivity index (χ4v) is 4.43. The van der Waals surface area contributed by atoms with E-state index in [9.17, 15) is 9.59 Å². The van der Waals surface area contributed by atoms with Crippen LogP contribution in [0, 0.1) is 6.92 Å². The fourth-order valence-electron chi connectivity index (χ4n) is 4.43. The van der Waals surface area contributed by atoms with E-state index in [2.05, 4.69) is 4.98 Å². The number of ether oxygens (including phenoxy) is 4. The molecule has 0 amide bonds. The van der Waals surface area contributed by atoms with Crippen molar-refractivity contribution in [1.82, 2.24) is 9.55 Å². The number of nitrogens with one attached hydrogen (secondary N) is 1. The lowest BCUT2D eigenvalue weighted by molar-refractivity contribution is -0.306. The smallest absolute Gasteiger partial charge is 0.330 e. The van der Waals surface area contributed by atoms with Crippen molar-refractivity contribution in [1.29, 1.82) is 0 Å². The molecule has 8 nitrogen and oxygen atoms in total. The summed E-state index contributed by atoms with van der Waals surface area (Å²) in [5.41, 5.74) is -0.496. The highest BCUT2D eigenvalue weighted by Gasteiger charge is 2.65. The molecule has 26 heavy (non-hydrogen) atoms. The zero-order valence-corrected chi connectivity index (χ0v) is 15.4. The van der Waals surface area contributed by atoms with Gasteiger partial charge in [-0.15, -0.1) is 0 Å². The molecule has 2 saturated heterocycles. The zero-order chi connectivity index (χ0) is 18.5. The predicted molar refractivity (Wildman–Crippen MR) is 91.8 cm³/mol. The highest BCUT2D eigenvalue weighted by molar-refractivity contribution is 5.07. The predicted octanol–water partition coefficient (Wildman–Crippen LogP) is 1.57. The van der Waals surface area contributed by atoms with Crippen LogP contribution in [0.25, 0.3) is 0 Å². The van der Waals surface area contributed by atoms with E-state index < -0.39 is 41.3 Å². The number of rotatable bonds is 3. The third kappa shape index (κ3) is 2.58. The van der Waals surface area contributed by atoms with Crippen LogP contribution in [0.4, 0.5) is 0 Å². The third-order valence-electron chi connectivity index (χ3n) is 5.90. The molecule has 4 rings (SSSR count). The average Bonchev–Trinajstić information content (AvgIpc) is 3.13. The Morgan fingerprint density at radius 3 is 2.62 bits per heavy atom. The summed E-state index contributed by atoms with van der Waals surface area (Å²) in [6.45, 7) is 3.61. The summed E-state index contributed by atoms with van der Waals surface area (Å²) in [6, 6.07) is 0. The van der Waals surface area contributed by atoms with Gasteiger partial charge in [0.15, 0.2) is 17.8 Å². The van der Waals surface area contributed by atoms with Crippen LogP contribution in [0.1, 0.15) is 57.2 Å². The molecule has 0 aromatic carbocycles. The molecule has 3 aliphatic rings. The molecule has 8 heteroatoms. The molecule has 4 atom stereocenters.